The first-order valence-electron chi connectivity index (χ1n) is 6.49. The van der Waals surface area contributed by atoms with Crippen molar-refractivity contribution in [2.75, 3.05) is 0 Å². The number of aromatic nitrogens is 2. The SMILES string of the molecule is CC(C)(C)/C(=C\n1ccnc1)c1ccc(Cl)cc1.O=[N+]([O-])O. The van der Waals surface area contributed by atoms with Gasteiger partial charge in [0.05, 0.1) is 6.33 Å². The molecule has 7 heteroatoms. The molecule has 0 saturated carbocycles. The first kappa shape index (κ1) is 17.7. The van der Waals surface area contributed by atoms with Crippen molar-refractivity contribution in [3.63, 3.8) is 0 Å². The molecular formula is C15H18ClN3O3. The van der Waals surface area contributed by atoms with Crippen molar-refractivity contribution in [1.82, 2.24) is 9.55 Å². The van der Waals surface area contributed by atoms with E-state index in [9.17, 15) is 0 Å². The number of nitrogens with zero attached hydrogens (tertiary/aromatic N) is 3. The van der Waals surface area contributed by atoms with E-state index < -0.39 is 5.09 Å². The van der Waals surface area contributed by atoms with Crippen molar-refractivity contribution in [3.8, 4) is 0 Å². The fourth-order valence-corrected chi connectivity index (χ4v) is 1.95. The molecule has 0 radical (unpaired) electrons. The second kappa shape index (κ2) is 7.61. The Balaban J connectivity index is 0.000000541. The van der Waals surface area contributed by atoms with E-state index in [1.807, 2.05) is 22.9 Å². The molecule has 0 aliphatic heterocycles. The Bertz CT molecular complexity index is 625. The predicted molar refractivity (Wildman–Crippen MR) is 86.1 cm³/mol. The third-order valence-corrected chi connectivity index (χ3v) is 3.02. The van der Waals surface area contributed by atoms with Crippen LogP contribution in [0, 0.1) is 15.5 Å². The maximum absolute atomic E-state index is 8.36. The molecule has 0 aliphatic carbocycles. The second-order valence-electron chi connectivity index (χ2n) is 5.55. The van der Waals surface area contributed by atoms with Crippen LogP contribution in [0.2, 0.25) is 5.02 Å². The van der Waals surface area contributed by atoms with Crippen LogP contribution in [-0.2, 0) is 0 Å². The summed E-state index contributed by atoms with van der Waals surface area (Å²) in [7, 11) is 0. The number of allylic oxidation sites excluding steroid dienone is 1. The maximum Gasteiger partial charge on any atom is 0.291 e. The molecule has 0 spiro atoms. The molecule has 1 N–H and O–H groups in total. The highest BCUT2D eigenvalue weighted by atomic mass is 35.5. The molecule has 2 aromatic rings. The fourth-order valence-electron chi connectivity index (χ4n) is 1.83. The summed E-state index contributed by atoms with van der Waals surface area (Å²) in [6.07, 6.45) is 7.61. The highest BCUT2D eigenvalue weighted by Crippen LogP contribution is 2.34. The summed E-state index contributed by atoms with van der Waals surface area (Å²) >= 11 is 5.94. The molecule has 0 unspecified atom stereocenters. The quantitative estimate of drug-likeness (QED) is 0.662. The van der Waals surface area contributed by atoms with Gasteiger partial charge in [0, 0.05) is 23.6 Å². The monoisotopic (exact) mass is 323 g/mol. The van der Waals surface area contributed by atoms with Crippen molar-refractivity contribution < 1.29 is 10.3 Å². The minimum absolute atomic E-state index is 0.0537. The molecule has 0 atom stereocenters. The van der Waals surface area contributed by atoms with Crippen LogP contribution in [0.25, 0.3) is 11.8 Å². The van der Waals surface area contributed by atoms with Gasteiger partial charge in [-0.05, 0) is 28.7 Å². The van der Waals surface area contributed by atoms with E-state index in [1.54, 1.807) is 12.5 Å². The van der Waals surface area contributed by atoms with Gasteiger partial charge in [0.1, 0.15) is 0 Å². The van der Waals surface area contributed by atoms with Gasteiger partial charge in [-0.1, -0.05) is 44.5 Å². The zero-order valence-corrected chi connectivity index (χ0v) is 13.4. The zero-order chi connectivity index (χ0) is 16.8. The Labute approximate surface area is 133 Å². The standard InChI is InChI=1S/C15H17ClN2.HNO3/c1-15(2,3)14(10-18-9-8-17-11-18)12-4-6-13(16)7-5-12;2-1(3)4/h4-11H,1-3H3;(H,2,3,4)/b14-10-;. The molecule has 1 heterocycles. The number of hydrogen-bond donors (Lipinski definition) is 1. The summed E-state index contributed by atoms with van der Waals surface area (Å²) in [6.45, 7) is 6.60. The highest BCUT2D eigenvalue weighted by Gasteiger charge is 2.18. The van der Waals surface area contributed by atoms with Crippen molar-refractivity contribution in [1.29, 1.82) is 0 Å². The smallest absolute Gasteiger partial charge is 0.291 e. The number of imidazole rings is 1. The third-order valence-electron chi connectivity index (χ3n) is 2.77. The van der Waals surface area contributed by atoms with Crippen LogP contribution in [0.1, 0.15) is 26.3 Å². The van der Waals surface area contributed by atoms with E-state index in [-0.39, 0.29) is 5.41 Å². The first-order chi connectivity index (χ1) is 10.2. The van der Waals surface area contributed by atoms with E-state index in [1.165, 1.54) is 11.1 Å². The lowest BCUT2D eigenvalue weighted by Crippen LogP contribution is -2.09. The summed E-state index contributed by atoms with van der Waals surface area (Å²) in [4.78, 5) is 12.4. The maximum atomic E-state index is 8.36. The van der Waals surface area contributed by atoms with Gasteiger partial charge in [-0.2, -0.15) is 0 Å². The topological polar surface area (TPSA) is 81.2 Å². The largest absolute Gasteiger partial charge is 0.328 e. The molecule has 118 valence electrons. The number of halogens is 1. The van der Waals surface area contributed by atoms with Gasteiger partial charge in [0.25, 0.3) is 5.09 Å². The van der Waals surface area contributed by atoms with Crippen LogP contribution < -0.4 is 0 Å². The van der Waals surface area contributed by atoms with Crippen molar-refractivity contribution in [3.05, 3.63) is 63.7 Å². The van der Waals surface area contributed by atoms with Crippen LogP contribution >= 0.6 is 11.6 Å². The molecule has 0 saturated heterocycles. The summed E-state index contributed by atoms with van der Waals surface area (Å²) in [5, 5.41) is 14.4. The minimum atomic E-state index is -1.50. The van der Waals surface area contributed by atoms with Crippen LogP contribution in [0.5, 0.6) is 0 Å². The van der Waals surface area contributed by atoms with E-state index in [4.69, 9.17) is 26.9 Å². The average Bonchev–Trinajstić information content (AvgIpc) is 2.88. The Morgan fingerprint density at radius 3 is 2.32 bits per heavy atom. The molecule has 22 heavy (non-hydrogen) atoms. The number of hydrogen-bond acceptors (Lipinski definition) is 3. The molecule has 0 amide bonds. The van der Waals surface area contributed by atoms with Gasteiger partial charge in [0.2, 0.25) is 0 Å². The van der Waals surface area contributed by atoms with Gasteiger partial charge in [-0.3, -0.25) is 0 Å². The van der Waals surface area contributed by atoms with Gasteiger partial charge in [-0.15, -0.1) is 10.1 Å². The van der Waals surface area contributed by atoms with Crippen molar-refractivity contribution in [2.45, 2.75) is 20.8 Å². The summed E-state index contributed by atoms with van der Waals surface area (Å²) in [6, 6.07) is 7.95. The Kier molecular flexibility index (Phi) is 6.12. The van der Waals surface area contributed by atoms with Gasteiger partial charge >= 0.3 is 0 Å². The van der Waals surface area contributed by atoms with Gasteiger partial charge in [-0.25, -0.2) is 4.98 Å². The van der Waals surface area contributed by atoms with E-state index >= 15 is 0 Å². The van der Waals surface area contributed by atoms with Crippen LogP contribution in [0.15, 0.2) is 43.0 Å². The molecule has 0 aliphatic rings. The van der Waals surface area contributed by atoms with Crippen LogP contribution in [0.3, 0.4) is 0 Å². The van der Waals surface area contributed by atoms with Crippen LogP contribution in [-0.4, -0.2) is 19.8 Å². The molecule has 6 nitrogen and oxygen atoms in total. The molecule has 0 fully saturated rings. The number of benzene rings is 1. The summed E-state index contributed by atoms with van der Waals surface area (Å²) < 4.78 is 1.97. The minimum Gasteiger partial charge on any atom is -0.328 e. The highest BCUT2D eigenvalue weighted by molar-refractivity contribution is 6.30. The molecule has 2 rings (SSSR count). The molecule has 1 aromatic carbocycles. The zero-order valence-electron chi connectivity index (χ0n) is 12.6. The van der Waals surface area contributed by atoms with E-state index in [0.29, 0.717) is 0 Å². The van der Waals surface area contributed by atoms with Gasteiger partial charge < -0.3 is 9.77 Å². The molecule has 0 bridgehead atoms. The molecule has 1 aromatic heterocycles. The second-order valence-corrected chi connectivity index (χ2v) is 5.98. The Morgan fingerprint density at radius 2 is 1.91 bits per heavy atom. The van der Waals surface area contributed by atoms with Crippen LogP contribution in [0.4, 0.5) is 0 Å². The Morgan fingerprint density at radius 1 is 1.36 bits per heavy atom. The lowest BCUT2D eigenvalue weighted by atomic mass is 9.83. The van der Waals surface area contributed by atoms with E-state index in [2.05, 4.69) is 44.1 Å². The summed E-state index contributed by atoms with van der Waals surface area (Å²) in [5.74, 6) is 0. The third kappa shape index (κ3) is 5.97. The first-order valence-corrected chi connectivity index (χ1v) is 6.87. The Hall–Kier alpha value is -2.34. The number of rotatable bonds is 2. The fraction of sp³-hybridized carbons (Fsp3) is 0.267. The normalized spacial score (nSPS) is 11.5. The van der Waals surface area contributed by atoms with E-state index in [0.717, 1.165) is 5.02 Å². The van der Waals surface area contributed by atoms with Crippen molar-refractivity contribution >= 4 is 23.4 Å². The summed E-state index contributed by atoms with van der Waals surface area (Å²) in [5.41, 5.74) is 2.48. The van der Waals surface area contributed by atoms with Gasteiger partial charge in [0.15, 0.2) is 0 Å². The predicted octanol–water partition coefficient (Wildman–Crippen LogP) is 4.23. The van der Waals surface area contributed by atoms with Crippen molar-refractivity contribution in [2.24, 2.45) is 5.41 Å². The molecular weight excluding hydrogens is 306 g/mol. The lowest BCUT2D eigenvalue weighted by molar-refractivity contribution is -0.742. The average molecular weight is 324 g/mol. The lowest BCUT2D eigenvalue weighted by Gasteiger charge is -2.23.